The zero-order chi connectivity index (χ0) is 22.8. The van der Waals surface area contributed by atoms with Gasteiger partial charge < -0.3 is 10.2 Å². The van der Waals surface area contributed by atoms with Gasteiger partial charge in [-0.15, -0.1) is 23.1 Å². The second-order valence-corrected chi connectivity index (χ2v) is 9.44. The van der Waals surface area contributed by atoms with Crippen molar-refractivity contribution in [2.24, 2.45) is 0 Å². The fraction of sp³-hybridized carbons (Fsp3) is 0.174. The first kappa shape index (κ1) is 21.5. The van der Waals surface area contributed by atoms with Crippen molar-refractivity contribution in [1.29, 1.82) is 0 Å². The minimum Gasteiger partial charge on any atom is -0.349 e. The average molecular weight is 480 g/mol. The molecule has 2 aromatic heterocycles. The van der Waals surface area contributed by atoms with Crippen molar-refractivity contribution in [2.75, 3.05) is 18.8 Å². The van der Waals surface area contributed by atoms with Crippen LogP contribution in [0.5, 0.6) is 0 Å². The van der Waals surface area contributed by atoms with E-state index in [0.29, 0.717) is 39.3 Å². The lowest BCUT2D eigenvalue weighted by Gasteiger charge is -2.24. The smallest absolute Gasteiger partial charge is 0.274 e. The van der Waals surface area contributed by atoms with E-state index in [1.54, 1.807) is 64.9 Å². The molecule has 0 radical (unpaired) electrons. The third-order valence-electron chi connectivity index (χ3n) is 5.29. The number of carbonyl (C=O) groups is 2. The molecule has 5 rings (SSSR count). The minimum atomic E-state index is -0.366. The van der Waals surface area contributed by atoms with Crippen LogP contribution in [0, 0.1) is 5.82 Å². The largest absolute Gasteiger partial charge is 0.349 e. The lowest BCUT2D eigenvalue weighted by Crippen LogP contribution is -2.42. The number of halogens is 1. The highest BCUT2D eigenvalue weighted by atomic mass is 32.2. The van der Waals surface area contributed by atoms with Crippen LogP contribution in [0.25, 0.3) is 21.5 Å². The fourth-order valence-corrected chi connectivity index (χ4v) is 5.68. The molecular weight excluding hydrogens is 461 g/mol. The molecule has 0 spiro atoms. The Morgan fingerprint density at radius 2 is 1.97 bits per heavy atom. The molecule has 1 saturated heterocycles. The van der Waals surface area contributed by atoms with E-state index in [-0.39, 0.29) is 29.6 Å². The molecular formula is C23H18FN5O2S2. The highest BCUT2D eigenvalue weighted by molar-refractivity contribution is 8.00. The molecule has 0 aliphatic carbocycles. The Labute approximate surface area is 197 Å². The lowest BCUT2D eigenvalue weighted by atomic mass is 10.1. The molecule has 166 valence electrons. The molecule has 1 unspecified atom stereocenters. The normalized spacial score (nSPS) is 15.7. The van der Waals surface area contributed by atoms with Gasteiger partial charge in [0.15, 0.2) is 0 Å². The Bertz CT molecular complexity index is 1340. The van der Waals surface area contributed by atoms with E-state index in [2.05, 4.69) is 20.3 Å². The van der Waals surface area contributed by atoms with E-state index in [1.165, 1.54) is 23.5 Å². The van der Waals surface area contributed by atoms with Crippen molar-refractivity contribution in [3.63, 3.8) is 0 Å². The summed E-state index contributed by atoms with van der Waals surface area (Å²) in [6.07, 6.45) is 3.13. The average Bonchev–Trinajstić information content (AvgIpc) is 3.51. The van der Waals surface area contributed by atoms with Gasteiger partial charge in [0, 0.05) is 31.2 Å². The Balaban J connectivity index is 1.32. The molecule has 2 aromatic carbocycles. The molecule has 1 aliphatic rings. The first-order valence-corrected chi connectivity index (χ1v) is 12.1. The van der Waals surface area contributed by atoms with Gasteiger partial charge in [0.2, 0.25) is 0 Å². The summed E-state index contributed by atoms with van der Waals surface area (Å²) in [6.45, 7) is 0.829. The first-order valence-electron chi connectivity index (χ1n) is 10.2. The van der Waals surface area contributed by atoms with Crippen LogP contribution in [-0.4, -0.2) is 55.9 Å². The number of para-hydroxylation sites is 1. The molecule has 4 aromatic rings. The molecule has 1 atom stereocenters. The van der Waals surface area contributed by atoms with Crippen molar-refractivity contribution in [1.82, 2.24) is 25.2 Å². The van der Waals surface area contributed by atoms with Crippen molar-refractivity contribution in [3.8, 4) is 10.4 Å². The summed E-state index contributed by atoms with van der Waals surface area (Å²) < 4.78 is 13.7. The number of aromatic nitrogens is 3. The van der Waals surface area contributed by atoms with E-state index in [1.807, 2.05) is 0 Å². The van der Waals surface area contributed by atoms with Gasteiger partial charge in [-0.3, -0.25) is 19.6 Å². The van der Waals surface area contributed by atoms with Gasteiger partial charge in [-0.1, -0.05) is 18.2 Å². The van der Waals surface area contributed by atoms with Crippen molar-refractivity contribution in [2.45, 2.75) is 5.37 Å². The van der Waals surface area contributed by atoms with Crippen LogP contribution < -0.4 is 5.32 Å². The Morgan fingerprint density at radius 1 is 1.12 bits per heavy atom. The third kappa shape index (κ3) is 4.31. The third-order valence-corrected chi connectivity index (χ3v) is 7.39. The van der Waals surface area contributed by atoms with Crippen molar-refractivity contribution >= 4 is 45.9 Å². The van der Waals surface area contributed by atoms with Crippen LogP contribution in [0.3, 0.4) is 0 Å². The molecule has 10 heteroatoms. The zero-order valence-corrected chi connectivity index (χ0v) is 18.9. The van der Waals surface area contributed by atoms with Crippen molar-refractivity contribution in [3.05, 3.63) is 77.4 Å². The standard InChI is InChI=1S/C23H18FN5O2S2/c24-15-4-1-3-14(11-15)21-20(28-13-33-21)23(31)29-9-10-32-18(29)12-27-22(30)16-5-2-6-17-19(16)26-8-7-25-17/h1-8,11,13,18H,9-10,12H2,(H,27,30). The molecule has 0 saturated carbocycles. The Kier molecular flexibility index (Phi) is 6.01. The summed E-state index contributed by atoms with van der Waals surface area (Å²) in [5, 5.41) is 2.70. The van der Waals surface area contributed by atoms with Crippen LogP contribution in [0.4, 0.5) is 4.39 Å². The summed E-state index contributed by atoms with van der Waals surface area (Å²) >= 11 is 2.90. The van der Waals surface area contributed by atoms with E-state index >= 15 is 0 Å². The van der Waals surface area contributed by atoms with Gasteiger partial charge in [-0.25, -0.2) is 9.37 Å². The van der Waals surface area contributed by atoms with Gasteiger partial charge in [0.25, 0.3) is 11.8 Å². The summed E-state index contributed by atoms with van der Waals surface area (Å²) in [5.41, 5.74) is 4.13. The van der Waals surface area contributed by atoms with Gasteiger partial charge in [0.05, 0.1) is 26.8 Å². The summed E-state index contributed by atoms with van der Waals surface area (Å²) in [6, 6.07) is 11.4. The van der Waals surface area contributed by atoms with Gasteiger partial charge in [0.1, 0.15) is 17.0 Å². The monoisotopic (exact) mass is 479 g/mol. The topological polar surface area (TPSA) is 88.1 Å². The number of carbonyl (C=O) groups excluding carboxylic acids is 2. The minimum absolute atomic E-state index is 0.226. The molecule has 3 heterocycles. The predicted octanol–water partition coefficient (Wildman–Crippen LogP) is 3.84. The summed E-state index contributed by atoms with van der Waals surface area (Å²) in [5.74, 6) is -0.105. The van der Waals surface area contributed by atoms with Gasteiger partial charge in [-0.05, 0) is 29.8 Å². The molecule has 2 amide bonds. The maximum Gasteiger partial charge on any atom is 0.274 e. The maximum absolute atomic E-state index is 13.7. The van der Waals surface area contributed by atoms with Crippen LogP contribution in [-0.2, 0) is 0 Å². The van der Waals surface area contributed by atoms with Crippen LogP contribution >= 0.6 is 23.1 Å². The van der Waals surface area contributed by atoms with Crippen LogP contribution in [0.15, 0.2) is 60.4 Å². The van der Waals surface area contributed by atoms with Crippen LogP contribution in [0.2, 0.25) is 0 Å². The molecule has 33 heavy (non-hydrogen) atoms. The zero-order valence-electron chi connectivity index (χ0n) is 17.3. The van der Waals surface area contributed by atoms with E-state index in [9.17, 15) is 14.0 Å². The maximum atomic E-state index is 13.7. The molecule has 1 aliphatic heterocycles. The first-order chi connectivity index (χ1) is 16.1. The number of amides is 2. The number of hydrogen-bond acceptors (Lipinski definition) is 7. The number of benzene rings is 2. The lowest BCUT2D eigenvalue weighted by molar-refractivity contribution is 0.0747. The highest BCUT2D eigenvalue weighted by Crippen LogP contribution is 2.32. The van der Waals surface area contributed by atoms with Gasteiger partial charge in [-0.2, -0.15) is 0 Å². The molecule has 1 fully saturated rings. The number of thioether (sulfide) groups is 1. The Hall–Kier alpha value is -3.37. The van der Waals surface area contributed by atoms with E-state index in [0.717, 1.165) is 5.75 Å². The predicted molar refractivity (Wildman–Crippen MR) is 127 cm³/mol. The second kappa shape index (κ2) is 9.24. The number of hydrogen-bond donors (Lipinski definition) is 1. The number of thiazole rings is 1. The number of fused-ring (bicyclic) bond motifs is 1. The fourth-order valence-electron chi connectivity index (χ4n) is 3.74. The number of rotatable bonds is 5. The summed E-state index contributed by atoms with van der Waals surface area (Å²) in [4.78, 5) is 41.3. The van der Waals surface area contributed by atoms with Crippen LogP contribution in [0.1, 0.15) is 20.8 Å². The molecule has 0 bridgehead atoms. The highest BCUT2D eigenvalue weighted by Gasteiger charge is 2.33. The summed E-state index contributed by atoms with van der Waals surface area (Å²) in [7, 11) is 0. The SMILES string of the molecule is O=C(NCC1SCCN1C(=O)c1ncsc1-c1cccc(F)c1)c1cccc2nccnc12. The number of nitrogens with zero attached hydrogens (tertiary/aromatic N) is 4. The number of nitrogens with one attached hydrogen (secondary N) is 1. The van der Waals surface area contributed by atoms with Gasteiger partial charge >= 0.3 is 0 Å². The Morgan fingerprint density at radius 3 is 2.85 bits per heavy atom. The van der Waals surface area contributed by atoms with E-state index in [4.69, 9.17) is 0 Å². The molecule has 7 nitrogen and oxygen atoms in total. The molecule has 1 N–H and O–H groups in total. The second-order valence-electron chi connectivity index (χ2n) is 7.30. The van der Waals surface area contributed by atoms with E-state index < -0.39 is 0 Å². The quantitative estimate of drug-likeness (QED) is 0.468. The van der Waals surface area contributed by atoms with Crippen molar-refractivity contribution < 1.29 is 14.0 Å².